The molecule has 2 aromatic rings. The largest absolute Gasteiger partial charge is 0.461 e. The van der Waals surface area contributed by atoms with E-state index in [0.29, 0.717) is 11.5 Å². The van der Waals surface area contributed by atoms with Crippen molar-refractivity contribution in [1.29, 1.82) is 0 Å². The van der Waals surface area contributed by atoms with Gasteiger partial charge in [-0.3, -0.25) is 10.1 Å². The highest BCUT2D eigenvalue weighted by atomic mass is 16.6. The Hall–Kier alpha value is -2.17. The molecule has 5 heteroatoms. The third-order valence-electron chi connectivity index (χ3n) is 2.21. The maximum atomic E-state index is 10.7. The van der Waals surface area contributed by atoms with Crippen LogP contribution >= 0.6 is 0 Å². The van der Waals surface area contributed by atoms with Crippen molar-refractivity contribution in [3.63, 3.8) is 0 Å². The Morgan fingerprint density at radius 1 is 1.25 bits per heavy atom. The standard InChI is InChI=1S/C11H10N2O3/c1-7-3-5-9(6-4-7)10-11(13(14)15)16-8(2)12-10/h3-6H,1-2H3. The highest BCUT2D eigenvalue weighted by molar-refractivity contribution is 5.66. The zero-order valence-electron chi connectivity index (χ0n) is 8.93. The van der Waals surface area contributed by atoms with Crippen molar-refractivity contribution in [3.05, 3.63) is 45.8 Å². The third kappa shape index (κ3) is 1.79. The van der Waals surface area contributed by atoms with Gasteiger partial charge >= 0.3 is 5.88 Å². The molecule has 0 unspecified atom stereocenters. The first kappa shape index (κ1) is 10.4. The minimum Gasteiger partial charge on any atom is -0.385 e. The molecule has 0 radical (unpaired) electrons. The van der Waals surface area contributed by atoms with Crippen LogP contribution in [0.15, 0.2) is 28.7 Å². The van der Waals surface area contributed by atoms with Gasteiger partial charge in [-0.1, -0.05) is 29.8 Å². The van der Waals surface area contributed by atoms with Gasteiger partial charge in [0.25, 0.3) is 0 Å². The van der Waals surface area contributed by atoms with Gasteiger partial charge in [0.2, 0.25) is 0 Å². The number of aryl methyl sites for hydroxylation is 2. The molecular weight excluding hydrogens is 208 g/mol. The summed E-state index contributed by atoms with van der Waals surface area (Å²) >= 11 is 0. The van der Waals surface area contributed by atoms with Gasteiger partial charge in [0.1, 0.15) is 4.92 Å². The smallest absolute Gasteiger partial charge is 0.385 e. The van der Waals surface area contributed by atoms with Gasteiger partial charge in [0.15, 0.2) is 11.6 Å². The molecule has 0 bridgehead atoms. The summed E-state index contributed by atoms with van der Waals surface area (Å²) in [6.45, 7) is 3.54. The molecule has 0 aliphatic heterocycles. The summed E-state index contributed by atoms with van der Waals surface area (Å²) < 4.78 is 4.95. The summed E-state index contributed by atoms with van der Waals surface area (Å²) in [5.41, 5.74) is 2.06. The molecule has 0 atom stereocenters. The van der Waals surface area contributed by atoms with Gasteiger partial charge in [0.05, 0.1) is 0 Å². The molecule has 1 heterocycles. The van der Waals surface area contributed by atoms with Crippen LogP contribution in [0.25, 0.3) is 11.3 Å². The highest BCUT2D eigenvalue weighted by Gasteiger charge is 2.23. The van der Waals surface area contributed by atoms with Crippen LogP contribution in [0.4, 0.5) is 5.88 Å². The molecule has 0 aliphatic carbocycles. The molecule has 0 N–H and O–H groups in total. The zero-order chi connectivity index (χ0) is 11.7. The first-order chi connectivity index (χ1) is 7.58. The van der Waals surface area contributed by atoms with Crippen LogP contribution in [0.3, 0.4) is 0 Å². The molecule has 0 saturated heterocycles. The van der Waals surface area contributed by atoms with E-state index >= 15 is 0 Å². The second-order valence-corrected chi connectivity index (χ2v) is 3.51. The fraction of sp³-hybridized carbons (Fsp3) is 0.182. The van der Waals surface area contributed by atoms with E-state index in [1.54, 1.807) is 19.1 Å². The summed E-state index contributed by atoms with van der Waals surface area (Å²) in [6, 6.07) is 7.34. The van der Waals surface area contributed by atoms with Crippen molar-refractivity contribution in [2.24, 2.45) is 0 Å². The number of nitro groups is 1. The Labute approximate surface area is 91.9 Å². The molecular formula is C11H10N2O3. The van der Waals surface area contributed by atoms with Crippen molar-refractivity contribution in [2.75, 3.05) is 0 Å². The summed E-state index contributed by atoms with van der Waals surface area (Å²) in [7, 11) is 0. The quantitative estimate of drug-likeness (QED) is 0.574. The Bertz CT molecular complexity index is 529. The van der Waals surface area contributed by atoms with Crippen molar-refractivity contribution in [2.45, 2.75) is 13.8 Å². The van der Waals surface area contributed by atoms with Crippen LogP contribution in [-0.2, 0) is 0 Å². The Kier molecular flexibility index (Phi) is 2.44. The van der Waals surface area contributed by atoms with E-state index in [2.05, 4.69) is 4.98 Å². The molecule has 16 heavy (non-hydrogen) atoms. The maximum absolute atomic E-state index is 10.7. The molecule has 0 spiro atoms. The SMILES string of the molecule is Cc1ccc(-c2nc(C)oc2[N+](=O)[O-])cc1. The lowest BCUT2D eigenvalue weighted by molar-refractivity contribution is -0.401. The molecule has 82 valence electrons. The van der Waals surface area contributed by atoms with Crippen molar-refractivity contribution in [1.82, 2.24) is 4.98 Å². The number of rotatable bonds is 2. The number of hydrogen-bond acceptors (Lipinski definition) is 4. The van der Waals surface area contributed by atoms with E-state index in [1.807, 2.05) is 19.1 Å². The third-order valence-corrected chi connectivity index (χ3v) is 2.21. The Balaban J connectivity index is 2.55. The van der Waals surface area contributed by atoms with Crippen LogP contribution < -0.4 is 0 Å². The van der Waals surface area contributed by atoms with Crippen LogP contribution in [-0.4, -0.2) is 9.91 Å². The van der Waals surface area contributed by atoms with Crippen LogP contribution in [0.5, 0.6) is 0 Å². The number of benzene rings is 1. The minimum atomic E-state index is -0.560. The lowest BCUT2D eigenvalue weighted by Crippen LogP contribution is -1.89. The van der Waals surface area contributed by atoms with Crippen LogP contribution in [0.2, 0.25) is 0 Å². The molecule has 1 aromatic heterocycles. The second-order valence-electron chi connectivity index (χ2n) is 3.51. The predicted octanol–water partition coefficient (Wildman–Crippen LogP) is 2.87. The average molecular weight is 218 g/mol. The zero-order valence-corrected chi connectivity index (χ0v) is 8.93. The minimum absolute atomic E-state index is 0.280. The van der Waals surface area contributed by atoms with E-state index < -0.39 is 4.92 Å². The average Bonchev–Trinajstić information content (AvgIpc) is 2.61. The van der Waals surface area contributed by atoms with E-state index in [-0.39, 0.29) is 11.6 Å². The Morgan fingerprint density at radius 2 is 1.88 bits per heavy atom. The number of nitrogens with zero attached hydrogens (tertiary/aromatic N) is 2. The van der Waals surface area contributed by atoms with E-state index in [4.69, 9.17) is 4.42 Å². The Morgan fingerprint density at radius 3 is 2.44 bits per heavy atom. The molecule has 2 rings (SSSR count). The fourth-order valence-electron chi connectivity index (χ4n) is 1.44. The van der Waals surface area contributed by atoms with E-state index in [9.17, 15) is 10.1 Å². The number of oxazole rings is 1. The van der Waals surface area contributed by atoms with Crippen molar-refractivity contribution >= 4 is 5.88 Å². The van der Waals surface area contributed by atoms with Gasteiger partial charge in [-0.15, -0.1) is 0 Å². The van der Waals surface area contributed by atoms with E-state index in [1.165, 1.54) is 0 Å². The molecule has 0 aliphatic rings. The van der Waals surface area contributed by atoms with Gasteiger partial charge in [-0.25, -0.2) is 4.98 Å². The van der Waals surface area contributed by atoms with Crippen molar-refractivity contribution in [3.8, 4) is 11.3 Å². The summed E-state index contributed by atoms with van der Waals surface area (Å²) in [4.78, 5) is 14.2. The van der Waals surface area contributed by atoms with Crippen LogP contribution in [0, 0.1) is 24.0 Å². The summed E-state index contributed by atoms with van der Waals surface area (Å²) in [5.74, 6) is -0.0105. The topological polar surface area (TPSA) is 69.2 Å². The lowest BCUT2D eigenvalue weighted by Gasteiger charge is -1.96. The second kappa shape index (κ2) is 3.77. The summed E-state index contributed by atoms with van der Waals surface area (Å²) in [6.07, 6.45) is 0. The fourth-order valence-corrected chi connectivity index (χ4v) is 1.44. The predicted molar refractivity (Wildman–Crippen MR) is 58.1 cm³/mol. The van der Waals surface area contributed by atoms with Crippen molar-refractivity contribution < 1.29 is 9.34 Å². The summed E-state index contributed by atoms with van der Waals surface area (Å²) in [5, 5.41) is 10.7. The number of hydrogen-bond donors (Lipinski definition) is 0. The van der Waals surface area contributed by atoms with Gasteiger partial charge in [0, 0.05) is 12.5 Å². The van der Waals surface area contributed by atoms with Gasteiger partial charge in [-0.2, -0.15) is 0 Å². The van der Waals surface area contributed by atoms with Gasteiger partial charge in [-0.05, 0) is 6.92 Å². The van der Waals surface area contributed by atoms with E-state index in [0.717, 1.165) is 5.56 Å². The lowest BCUT2D eigenvalue weighted by atomic mass is 10.1. The first-order valence-corrected chi connectivity index (χ1v) is 4.77. The maximum Gasteiger partial charge on any atom is 0.461 e. The highest BCUT2D eigenvalue weighted by Crippen LogP contribution is 2.29. The van der Waals surface area contributed by atoms with Crippen LogP contribution in [0.1, 0.15) is 11.5 Å². The number of aromatic nitrogens is 1. The molecule has 5 nitrogen and oxygen atoms in total. The molecule has 0 saturated carbocycles. The molecule has 1 aromatic carbocycles. The molecule has 0 amide bonds. The normalized spacial score (nSPS) is 10.4. The van der Waals surface area contributed by atoms with Gasteiger partial charge < -0.3 is 4.42 Å². The first-order valence-electron chi connectivity index (χ1n) is 4.77. The monoisotopic (exact) mass is 218 g/mol. The molecule has 0 fully saturated rings.